The molecule has 0 radical (unpaired) electrons. The van der Waals surface area contributed by atoms with Gasteiger partial charge in [0.15, 0.2) is 0 Å². The summed E-state index contributed by atoms with van der Waals surface area (Å²) in [6.07, 6.45) is 2.57. The van der Waals surface area contributed by atoms with Gasteiger partial charge >= 0.3 is 0 Å². The number of anilines is 3. The van der Waals surface area contributed by atoms with Gasteiger partial charge in [-0.1, -0.05) is 29.8 Å². The predicted octanol–water partition coefficient (Wildman–Crippen LogP) is 5.27. The van der Waals surface area contributed by atoms with Gasteiger partial charge in [0, 0.05) is 28.7 Å². The molecule has 0 amide bonds. The van der Waals surface area contributed by atoms with Crippen LogP contribution in [0.1, 0.15) is 30.9 Å². The highest BCUT2D eigenvalue weighted by Gasteiger charge is 2.28. The van der Waals surface area contributed by atoms with Crippen LogP contribution in [0.3, 0.4) is 0 Å². The molecule has 3 aromatic rings. The van der Waals surface area contributed by atoms with Crippen LogP contribution in [0, 0.1) is 12.8 Å². The summed E-state index contributed by atoms with van der Waals surface area (Å²) in [6, 6.07) is 12.5. The van der Waals surface area contributed by atoms with Crippen LogP contribution in [0.4, 0.5) is 17.5 Å². The van der Waals surface area contributed by atoms with Crippen molar-refractivity contribution in [3.63, 3.8) is 0 Å². The highest BCUT2D eigenvalue weighted by Crippen LogP contribution is 2.35. The van der Waals surface area contributed by atoms with Crippen LogP contribution < -0.4 is 16.0 Å². The fourth-order valence-corrected chi connectivity index (χ4v) is 3.62. The summed E-state index contributed by atoms with van der Waals surface area (Å²) in [5.41, 5.74) is 4.03. The van der Waals surface area contributed by atoms with E-state index in [1.54, 1.807) is 0 Å². The number of hydrogen-bond acceptors (Lipinski definition) is 5. The first-order valence-corrected chi connectivity index (χ1v) is 10.2. The average molecular weight is 396 g/mol. The standard InChI is InChI=1S/C22H26ClN5/c1-13-7-10-17(11-19(13)23)26-22-27-20-16(12-24-3)5-4-6-18(20)21(28-22)25-14(2)15-8-9-15/h4-7,10-11,14-15,24H,8-9,12H2,1-3H3,(H2,25,26,27,28)/t14-/m1/s1. The summed E-state index contributed by atoms with van der Waals surface area (Å²) in [5, 5.41) is 12.0. The van der Waals surface area contributed by atoms with E-state index in [0.29, 0.717) is 12.0 Å². The number of rotatable bonds is 7. The number of nitrogens with zero attached hydrogens (tertiary/aromatic N) is 2. The minimum absolute atomic E-state index is 0.396. The van der Waals surface area contributed by atoms with E-state index in [2.05, 4.69) is 41.1 Å². The maximum atomic E-state index is 6.28. The molecule has 146 valence electrons. The molecular weight excluding hydrogens is 370 g/mol. The lowest BCUT2D eigenvalue weighted by Gasteiger charge is -2.18. The summed E-state index contributed by atoms with van der Waals surface area (Å²) in [5.74, 6) is 2.18. The third-order valence-electron chi connectivity index (χ3n) is 5.30. The number of nitrogens with one attached hydrogen (secondary N) is 3. The van der Waals surface area contributed by atoms with E-state index in [1.807, 2.05) is 32.2 Å². The van der Waals surface area contributed by atoms with E-state index in [-0.39, 0.29) is 0 Å². The van der Waals surface area contributed by atoms with Gasteiger partial charge in [-0.2, -0.15) is 4.98 Å². The molecule has 5 nitrogen and oxygen atoms in total. The molecule has 28 heavy (non-hydrogen) atoms. The van der Waals surface area contributed by atoms with Crippen molar-refractivity contribution in [2.24, 2.45) is 5.92 Å². The fraction of sp³-hybridized carbons (Fsp3) is 0.364. The number of fused-ring (bicyclic) bond motifs is 1. The molecule has 1 aromatic heterocycles. The number of hydrogen-bond donors (Lipinski definition) is 3. The molecule has 1 atom stereocenters. The van der Waals surface area contributed by atoms with Crippen LogP contribution in [0.15, 0.2) is 36.4 Å². The van der Waals surface area contributed by atoms with Crippen LogP contribution in [0.25, 0.3) is 10.9 Å². The van der Waals surface area contributed by atoms with Gasteiger partial charge < -0.3 is 16.0 Å². The highest BCUT2D eigenvalue weighted by molar-refractivity contribution is 6.31. The van der Waals surface area contributed by atoms with Gasteiger partial charge in [-0.05, 0) is 69.0 Å². The molecule has 0 bridgehead atoms. The third-order valence-corrected chi connectivity index (χ3v) is 5.71. The van der Waals surface area contributed by atoms with E-state index >= 15 is 0 Å². The normalized spacial score (nSPS) is 14.9. The summed E-state index contributed by atoms with van der Waals surface area (Å²) < 4.78 is 0. The van der Waals surface area contributed by atoms with E-state index in [4.69, 9.17) is 21.6 Å². The van der Waals surface area contributed by atoms with Crippen molar-refractivity contribution >= 4 is 40.0 Å². The summed E-state index contributed by atoms with van der Waals surface area (Å²) in [7, 11) is 1.95. The summed E-state index contributed by atoms with van der Waals surface area (Å²) in [4.78, 5) is 9.63. The van der Waals surface area contributed by atoms with Crippen molar-refractivity contribution in [1.29, 1.82) is 0 Å². The van der Waals surface area contributed by atoms with Crippen molar-refractivity contribution in [1.82, 2.24) is 15.3 Å². The smallest absolute Gasteiger partial charge is 0.229 e. The van der Waals surface area contributed by atoms with Crippen molar-refractivity contribution in [3.05, 3.63) is 52.5 Å². The predicted molar refractivity (Wildman–Crippen MR) is 118 cm³/mol. The monoisotopic (exact) mass is 395 g/mol. The Hall–Kier alpha value is -2.37. The Morgan fingerprint density at radius 2 is 2.00 bits per heavy atom. The molecule has 0 spiro atoms. The minimum atomic E-state index is 0.396. The van der Waals surface area contributed by atoms with Crippen LogP contribution >= 0.6 is 11.6 Å². The fourth-order valence-electron chi connectivity index (χ4n) is 3.44. The molecule has 1 aliphatic carbocycles. The molecule has 1 aliphatic rings. The van der Waals surface area contributed by atoms with Crippen LogP contribution in [0.2, 0.25) is 5.02 Å². The molecular formula is C22H26ClN5. The molecule has 1 heterocycles. The van der Waals surface area contributed by atoms with Crippen LogP contribution in [-0.2, 0) is 6.54 Å². The van der Waals surface area contributed by atoms with Crippen molar-refractivity contribution in [2.75, 3.05) is 17.7 Å². The zero-order valence-electron chi connectivity index (χ0n) is 16.5. The van der Waals surface area contributed by atoms with Crippen molar-refractivity contribution in [2.45, 2.75) is 39.3 Å². The lowest BCUT2D eigenvalue weighted by atomic mass is 10.1. The highest BCUT2D eigenvalue weighted by atomic mass is 35.5. The Morgan fingerprint density at radius 1 is 1.18 bits per heavy atom. The van der Waals surface area contributed by atoms with E-state index < -0.39 is 0 Å². The van der Waals surface area contributed by atoms with E-state index in [0.717, 1.165) is 51.0 Å². The quantitative estimate of drug-likeness (QED) is 0.509. The molecule has 0 unspecified atom stereocenters. The molecule has 3 N–H and O–H groups in total. The lowest BCUT2D eigenvalue weighted by molar-refractivity contribution is 0.691. The van der Waals surface area contributed by atoms with Gasteiger partial charge in [0.25, 0.3) is 0 Å². The Bertz CT molecular complexity index is 1000. The van der Waals surface area contributed by atoms with Gasteiger partial charge in [-0.3, -0.25) is 0 Å². The van der Waals surface area contributed by atoms with Crippen molar-refractivity contribution in [3.8, 4) is 0 Å². The zero-order valence-corrected chi connectivity index (χ0v) is 17.3. The molecule has 0 saturated heterocycles. The van der Waals surface area contributed by atoms with Crippen molar-refractivity contribution < 1.29 is 0 Å². The average Bonchev–Trinajstić information content (AvgIpc) is 3.51. The summed E-state index contributed by atoms with van der Waals surface area (Å²) in [6.45, 7) is 4.97. The number of aromatic nitrogens is 2. The molecule has 6 heteroatoms. The molecule has 1 fully saturated rings. The molecule has 1 saturated carbocycles. The minimum Gasteiger partial charge on any atom is -0.367 e. The van der Waals surface area contributed by atoms with Gasteiger partial charge in [0.1, 0.15) is 5.82 Å². The largest absolute Gasteiger partial charge is 0.367 e. The van der Waals surface area contributed by atoms with Gasteiger partial charge in [-0.25, -0.2) is 4.98 Å². The number of halogens is 1. The second-order valence-electron chi connectivity index (χ2n) is 7.60. The first kappa shape index (κ1) is 19.0. The second-order valence-corrected chi connectivity index (χ2v) is 8.01. The summed E-state index contributed by atoms with van der Waals surface area (Å²) >= 11 is 6.28. The first-order chi connectivity index (χ1) is 13.5. The van der Waals surface area contributed by atoms with Crippen LogP contribution in [0.5, 0.6) is 0 Å². The molecule has 0 aliphatic heterocycles. The second kappa shape index (κ2) is 7.94. The Morgan fingerprint density at radius 3 is 2.71 bits per heavy atom. The maximum Gasteiger partial charge on any atom is 0.229 e. The lowest BCUT2D eigenvalue weighted by Crippen LogP contribution is -2.19. The Balaban J connectivity index is 1.76. The number of para-hydroxylation sites is 1. The Labute approximate surface area is 170 Å². The van der Waals surface area contributed by atoms with E-state index in [1.165, 1.54) is 12.8 Å². The van der Waals surface area contributed by atoms with Crippen LogP contribution in [-0.4, -0.2) is 23.1 Å². The first-order valence-electron chi connectivity index (χ1n) is 9.79. The number of benzene rings is 2. The van der Waals surface area contributed by atoms with E-state index in [9.17, 15) is 0 Å². The third kappa shape index (κ3) is 4.05. The topological polar surface area (TPSA) is 61.9 Å². The zero-order chi connectivity index (χ0) is 19.7. The Kier molecular flexibility index (Phi) is 5.38. The van der Waals surface area contributed by atoms with Gasteiger partial charge in [-0.15, -0.1) is 0 Å². The maximum absolute atomic E-state index is 6.28. The van der Waals surface area contributed by atoms with Gasteiger partial charge in [0.2, 0.25) is 5.95 Å². The SMILES string of the molecule is CNCc1cccc2c(N[C@H](C)C3CC3)nc(Nc3ccc(C)c(Cl)c3)nc12. The molecule has 2 aromatic carbocycles. The van der Waals surface area contributed by atoms with Gasteiger partial charge in [0.05, 0.1) is 5.52 Å². The molecule has 4 rings (SSSR count). The number of aryl methyl sites for hydroxylation is 1.